The number of aromatic nitrogens is 2. The molecule has 0 radical (unpaired) electrons. The molecule has 1 aliphatic heterocycles. The maximum absolute atomic E-state index is 4.62. The molecule has 148 valence electrons. The number of fused-ring (bicyclic) bond motifs is 1. The summed E-state index contributed by atoms with van der Waals surface area (Å²) in [6.07, 6.45) is 5.19. The van der Waals surface area contributed by atoms with Crippen molar-refractivity contribution >= 4 is 35.6 Å². The van der Waals surface area contributed by atoms with Crippen LogP contribution < -0.4 is 10.6 Å². The molecule has 0 bridgehead atoms. The van der Waals surface area contributed by atoms with Crippen molar-refractivity contribution in [3.8, 4) is 0 Å². The molecule has 7 heteroatoms. The summed E-state index contributed by atoms with van der Waals surface area (Å²) in [5.41, 5.74) is 3.33. The van der Waals surface area contributed by atoms with Gasteiger partial charge in [-0.25, -0.2) is 4.98 Å². The van der Waals surface area contributed by atoms with E-state index in [1.54, 1.807) is 0 Å². The van der Waals surface area contributed by atoms with Gasteiger partial charge in [-0.1, -0.05) is 36.4 Å². The third kappa shape index (κ3) is 5.23. The summed E-state index contributed by atoms with van der Waals surface area (Å²) in [5, 5.41) is 6.93. The van der Waals surface area contributed by atoms with Crippen molar-refractivity contribution in [2.24, 2.45) is 4.99 Å². The molecule has 0 spiro atoms. The quantitative estimate of drug-likeness (QED) is 0.328. The van der Waals surface area contributed by atoms with Crippen molar-refractivity contribution in [3.63, 3.8) is 0 Å². The molecule has 1 fully saturated rings. The molecule has 1 aliphatic rings. The Balaban J connectivity index is 0.00000225. The van der Waals surface area contributed by atoms with Crippen LogP contribution in [0.1, 0.15) is 17.7 Å². The number of nitrogens with zero attached hydrogens (tertiary/aromatic N) is 4. The van der Waals surface area contributed by atoms with Crippen molar-refractivity contribution in [2.75, 3.05) is 20.1 Å². The summed E-state index contributed by atoms with van der Waals surface area (Å²) in [6, 6.07) is 17.1. The van der Waals surface area contributed by atoms with Crippen LogP contribution in [0, 0.1) is 0 Å². The van der Waals surface area contributed by atoms with Gasteiger partial charge in [-0.2, -0.15) is 0 Å². The largest absolute Gasteiger partial charge is 0.352 e. The summed E-state index contributed by atoms with van der Waals surface area (Å²) in [4.78, 5) is 11.5. The van der Waals surface area contributed by atoms with E-state index in [0.29, 0.717) is 12.6 Å². The summed E-state index contributed by atoms with van der Waals surface area (Å²) < 4.78 is 2.03. The third-order valence-electron chi connectivity index (χ3n) is 4.94. The molecule has 0 aliphatic carbocycles. The van der Waals surface area contributed by atoms with Crippen molar-refractivity contribution in [1.29, 1.82) is 0 Å². The highest BCUT2D eigenvalue weighted by Crippen LogP contribution is 2.13. The van der Waals surface area contributed by atoms with Crippen molar-refractivity contribution < 1.29 is 0 Å². The molecule has 6 nitrogen and oxygen atoms in total. The lowest BCUT2D eigenvalue weighted by atomic mass is 10.2. The molecule has 2 aromatic heterocycles. The molecule has 1 aromatic carbocycles. The monoisotopic (exact) mass is 490 g/mol. The SMILES string of the molecule is CN=C(NCc1cn2ccccc2n1)NC1CCN(Cc2ccccc2)C1.I. The smallest absolute Gasteiger partial charge is 0.191 e. The molecule has 28 heavy (non-hydrogen) atoms. The first kappa shape index (κ1) is 20.6. The minimum absolute atomic E-state index is 0. The van der Waals surface area contributed by atoms with Gasteiger partial charge >= 0.3 is 0 Å². The molecule has 4 rings (SSSR count). The van der Waals surface area contributed by atoms with Gasteiger partial charge in [-0.05, 0) is 24.1 Å². The Bertz CT molecular complexity index is 874. The number of imidazole rings is 1. The predicted octanol–water partition coefficient (Wildman–Crippen LogP) is 2.89. The van der Waals surface area contributed by atoms with Gasteiger partial charge in [0.25, 0.3) is 0 Å². The summed E-state index contributed by atoms with van der Waals surface area (Å²) in [7, 11) is 1.82. The number of guanidine groups is 1. The Hall–Kier alpha value is -2.13. The van der Waals surface area contributed by atoms with E-state index in [4.69, 9.17) is 0 Å². The maximum atomic E-state index is 4.62. The van der Waals surface area contributed by atoms with Gasteiger partial charge in [0, 0.05) is 45.1 Å². The first-order chi connectivity index (χ1) is 13.3. The van der Waals surface area contributed by atoms with Crippen molar-refractivity contribution in [2.45, 2.75) is 25.6 Å². The first-order valence-electron chi connectivity index (χ1n) is 9.46. The van der Waals surface area contributed by atoms with Crippen LogP contribution in [-0.4, -0.2) is 46.4 Å². The van der Waals surface area contributed by atoms with Crippen LogP contribution in [0.25, 0.3) is 5.65 Å². The van der Waals surface area contributed by atoms with Crippen LogP contribution >= 0.6 is 24.0 Å². The third-order valence-corrected chi connectivity index (χ3v) is 4.94. The van der Waals surface area contributed by atoms with Gasteiger partial charge in [0.05, 0.1) is 12.2 Å². The molecule has 3 heterocycles. The van der Waals surface area contributed by atoms with Crippen LogP contribution in [0.15, 0.2) is 65.9 Å². The Morgan fingerprint density at radius 2 is 2.00 bits per heavy atom. The number of halogens is 1. The fourth-order valence-corrected chi connectivity index (χ4v) is 3.57. The second-order valence-corrected chi connectivity index (χ2v) is 6.97. The molecule has 0 saturated carbocycles. The topological polar surface area (TPSA) is 57.0 Å². The number of rotatable bonds is 5. The minimum atomic E-state index is 0. The molecule has 1 saturated heterocycles. The second-order valence-electron chi connectivity index (χ2n) is 6.97. The Morgan fingerprint density at radius 3 is 2.79 bits per heavy atom. The molecular formula is C21H27IN6. The second kappa shape index (κ2) is 9.88. The zero-order valence-electron chi connectivity index (χ0n) is 16.1. The van der Waals surface area contributed by atoms with Gasteiger partial charge in [0.1, 0.15) is 5.65 Å². The lowest BCUT2D eigenvalue weighted by Crippen LogP contribution is -2.44. The number of pyridine rings is 1. The predicted molar refractivity (Wildman–Crippen MR) is 124 cm³/mol. The maximum Gasteiger partial charge on any atom is 0.191 e. The minimum Gasteiger partial charge on any atom is -0.352 e. The normalized spacial score (nSPS) is 17.5. The zero-order chi connectivity index (χ0) is 18.5. The number of hydrogen-bond acceptors (Lipinski definition) is 3. The van der Waals surface area contributed by atoms with E-state index in [1.807, 2.05) is 42.0 Å². The highest BCUT2D eigenvalue weighted by atomic mass is 127. The van der Waals surface area contributed by atoms with Gasteiger partial charge in [-0.3, -0.25) is 9.89 Å². The molecule has 1 unspecified atom stereocenters. The van der Waals surface area contributed by atoms with Crippen molar-refractivity contribution in [3.05, 3.63) is 72.2 Å². The van der Waals surface area contributed by atoms with Crippen molar-refractivity contribution in [1.82, 2.24) is 24.9 Å². The summed E-state index contributed by atoms with van der Waals surface area (Å²) in [5.74, 6) is 0.832. The Morgan fingerprint density at radius 1 is 1.18 bits per heavy atom. The number of nitrogens with one attached hydrogen (secondary N) is 2. The van der Waals surface area contributed by atoms with E-state index in [9.17, 15) is 0 Å². The lowest BCUT2D eigenvalue weighted by Gasteiger charge is -2.18. The summed E-state index contributed by atoms with van der Waals surface area (Å²) >= 11 is 0. The molecule has 0 amide bonds. The van der Waals surface area contributed by atoms with E-state index in [1.165, 1.54) is 5.56 Å². The lowest BCUT2D eigenvalue weighted by molar-refractivity contribution is 0.324. The van der Waals surface area contributed by atoms with Gasteiger partial charge in [0.15, 0.2) is 5.96 Å². The average molecular weight is 490 g/mol. The van der Waals surface area contributed by atoms with Gasteiger partial charge in [-0.15, -0.1) is 24.0 Å². The molecule has 3 aromatic rings. The fourth-order valence-electron chi connectivity index (χ4n) is 3.57. The summed E-state index contributed by atoms with van der Waals surface area (Å²) in [6.45, 7) is 3.80. The van der Waals surface area contributed by atoms with Crippen LogP contribution in [0.3, 0.4) is 0 Å². The average Bonchev–Trinajstić information content (AvgIpc) is 3.32. The standard InChI is InChI=1S/C21H26N6.HI/c1-22-21(23-13-19-16-27-11-6-5-9-20(27)24-19)25-18-10-12-26(15-18)14-17-7-3-2-4-8-17;/h2-9,11,16,18H,10,12-15H2,1H3,(H2,22,23,25);1H. The van der Waals surface area contributed by atoms with E-state index < -0.39 is 0 Å². The highest BCUT2D eigenvalue weighted by Gasteiger charge is 2.23. The zero-order valence-corrected chi connectivity index (χ0v) is 18.4. The van der Waals surface area contributed by atoms with Crippen LogP contribution in [0.2, 0.25) is 0 Å². The fraction of sp³-hybridized carbons (Fsp3) is 0.333. The van der Waals surface area contributed by atoms with E-state index in [2.05, 4.69) is 55.8 Å². The van der Waals surface area contributed by atoms with Crippen LogP contribution in [0.4, 0.5) is 0 Å². The van der Waals surface area contributed by atoms with Crippen LogP contribution in [0.5, 0.6) is 0 Å². The highest BCUT2D eigenvalue weighted by molar-refractivity contribution is 14.0. The number of likely N-dealkylation sites (tertiary alicyclic amines) is 1. The van der Waals surface area contributed by atoms with Crippen LogP contribution in [-0.2, 0) is 13.1 Å². The number of benzene rings is 1. The van der Waals surface area contributed by atoms with Gasteiger partial charge < -0.3 is 15.0 Å². The van der Waals surface area contributed by atoms with E-state index in [-0.39, 0.29) is 24.0 Å². The molecule has 2 N–H and O–H groups in total. The Kier molecular flexibility index (Phi) is 7.27. The first-order valence-corrected chi connectivity index (χ1v) is 9.46. The molecule has 1 atom stereocenters. The Labute approximate surface area is 183 Å². The van der Waals surface area contributed by atoms with E-state index >= 15 is 0 Å². The van der Waals surface area contributed by atoms with Gasteiger partial charge in [0.2, 0.25) is 0 Å². The number of aliphatic imine (C=N–C) groups is 1. The molecular weight excluding hydrogens is 463 g/mol. The number of hydrogen-bond donors (Lipinski definition) is 2. The van der Waals surface area contributed by atoms with E-state index in [0.717, 1.165) is 43.4 Å².